The van der Waals surface area contributed by atoms with Crippen molar-refractivity contribution in [1.82, 2.24) is 15.3 Å². The predicted octanol–water partition coefficient (Wildman–Crippen LogP) is 3.90. The number of amides is 1. The lowest BCUT2D eigenvalue weighted by Gasteiger charge is -2.44. The highest BCUT2D eigenvalue weighted by Gasteiger charge is 2.47. The molecule has 5 nitrogen and oxygen atoms in total. The third kappa shape index (κ3) is 3.06. The summed E-state index contributed by atoms with van der Waals surface area (Å²) in [4.78, 5) is 22.1. The molecule has 28 heavy (non-hydrogen) atoms. The van der Waals surface area contributed by atoms with Gasteiger partial charge in [-0.3, -0.25) is 9.78 Å². The monoisotopic (exact) mass is 373 g/mol. The first-order valence-electron chi connectivity index (χ1n) is 9.82. The van der Waals surface area contributed by atoms with Crippen LogP contribution in [0.5, 0.6) is 0 Å². The molecule has 2 aromatic heterocycles. The summed E-state index contributed by atoms with van der Waals surface area (Å²) in [6.07, 6.45) is 6.65. The highest BCUT2D eigenvalue weighted by Crippen LogP contribution is 2.47. The number of ether oxygens (including phenoxy) is 1. The van der Waals surface area contributed by atoms with Gasteiger partial charge >= 0.3 is 0 Å². The zero-order valence-electron chi connectivity index (χ0n) is 15.9. The number of carbonyl (C=O) groups excluding carboxylic acids is 1. The summed E-state index contributed by atoms with van der Waals surface area (Å²) in [5.41, 5.74) is 4.59. The van der Waals surface area contributed by atoms with Gasteiger partial charge in [-0.1, -0.05) is 11.6 Å². The molecule has 1 saturated carbocycles. The van der Waals surface area contributed by atoms with Crippen molar-refractivity contribution in [3.63, 3.8) is 0 Å². The Hall–Kier alpha value is -2.79. The highest BCUT2D eigenvalue weighted by atomic mass is 16.5. The molecule has 1 saturated heterocycles. The van der Waals surface area contributed by atoms with Crippen LogP contribution in [0.3, 0.4) is 0 Å². The van der Waals surface area contributed by atoms with E-state index in [2.05, 4.69) is 10.3 Å². The van der Waals surface area contributed by atoms with E-state index in [4.69, 9.17) is 9.72 Å². The van der Waals surface area contributed by atoms with Crippen molar-refractivity contribution < 1.29 is 9.53 Å². The standard InChI is InChI=1S/C23H23N3O2/c1-15-4-5-20-18(9-15)19(10-21(26-20)16-3-2-7-24-13-16)22(27)25-17-11-23(12-17)6-8-28-14-23/h2-5,7,9-10,13,17H,6,8,11-12,14H2,1H3,(H,25,27). The van der Waals surface area contributed by atoms with Gasteiger partial charge in [0.05, 0.1) is 23.4 Å². The molecule has 0 radical (unpaired) electrons. The zero-order valence-corrected chi connectivity index (χ0v) is 15.9. The SMILES string of the molecule is Cc1ccc2nc(-c3cccnc3)cc(C(=O)NC3CC4(CCOC4)C3)c2c1. The minimum atomic E-state index is -0.0260. The molecular formula is C23H23N3O2. The Bertz CT molecular complexity index is 1030. The summed E-state index contributed by atoms with van der Waals surface area (Å²) < 4.78 is 5.55. The van der Waals surface area contributed by atoms with Crippen LogP contribution in [-0.4, -0.2) is 35.1 Å². The van der Waals surface area contributed by atoms with E-state index in [-0.39, 0.29) is 11.9 Å². The van der Waals surface area contributed by atoms with E-state index in [1.54, 1.807) is 12.4 Å². The van der Waals surface area contributed by atoms with Crippen molar-refractivity contribution in [3.8, 4) is 11.3 Å². The Balaban J connectivity index is 1.48. The van der Waals surface area contributed by atoms with E-state index < -0.39 is 0 Å². The second-order valence-electron chi connectivity index (χ2n) is 8.20. The van der Waals surface area contributed by atoms with Gasteiger partial charge in [-0.2, -0.15) is 0 Å². The van der Waals surface area contributed by atoms with Gasteiger partial charge in [-0.15, -0.1) is 0 Å². The van der Waals surface area contributed by atoms with Gasteiger partial charge in [0.25, 0.3) is 5.91 Å². The second-order valence-corrected chi connectivity index (χ2v) is 8.20. The maximum absolute atomic E-state index is 13.2. The smallest absolute Gasteiger partial charge is 0.252 e. The summed E-state index contributed by atoms with van der Waals surface area (Å²) in [6.45, 7) is 3.72. The number of hydrogen-bond donors (Lipinski definition) is 1. The second kappa shape index (κ2) is 6.67. The molecule has 5 rings (SSSR count). The quantitative estimate of drug-likeness (QED) is 0.756. The molecule has 0 atom stereocenters. The fourth-order valence-electron chi connectivity index (χ4n) is 4.51. The minimum Gasteiger partial charge on any atom is -0.381 e. The lowest BCUT2D eigenvalue weighted by atomic mass is 9.65. The predicted molar refractivity (Wildman–Crippen MR) is 108 cm³/mol. The summed E-state index contributed by atoms with van der Waals surface area (Å²) >= 11 is 0. The normalized spacial score (nSPS) is 23.7. The lowest BCUT2D eigenvalue weighted by molar-refractivity contribution is 0.0531. The van der Waals surface area contributed by atoms with Crippen LogP contribution in [0.2, 0.25) is 0 Å². The van der Waals surface area contributed by atoms with Crippen molar-refractivity contribution >= 4 is 16.8 Å². The van der Waals surface area contributed by atoms with Gasteiger partial charge in [0.15, 0.2) is 0 Å². The van der Waals surface area contributed by atoms with Gasteiger partial charge in [-0.25, -0.2) is 4.98 Å². The van der Waals surface area contributed by atoms with Gasteiger partial charge in [0.1, 0.15) is 0 Å². The molecule has 2 fully saturated rings. The van der Waals surface area contributed by atoms with Crippen LogP contribution in [0.25, 0.3) is 22.2 Å². The summed E-state index contributed by atoms with van der Waals surface area (Å²) in [7, 11) is 0. The first kappa shape index (κ1) is 17.3. The van der Waals surface area contributed by atoms with E-state index in [1.807, 2.05) is 43.3 Å². The Morgan fingerprint density at radius 3 is 2.89 bits per heavy atom. The van der Waals surface area contributed by atoms with E-state index in [9.17, 15) is 4.79 Å². The molecule has 1 aliphatic carbocycles. The topological polar surface area (TPSA) is 64.1 Å². The van der Waals surface area contributed by atoms with E-state index in [0.29, 0.717) is 11.0 Å². The van der Waals surface area contributed by atoms with Gasteiger partial charge in [-0.05, 0) is 61.9 Å². The van der Waals surface area contributed by atoms with Crippen molar-refractivity contribution in [1.29, 1.82) is 0 Å². The van der Waals surface area contributed by atoms with Crippen LogP contribution in [0.4, 0.5) is 0 Å². The molecule has 0 unspecified atom stereocenters. The number of fused-ring (bicyclic) bond motifs is 1. The Kier molecular flexibility index (Phi) is 4.13. The molecule has 1 aromatic carbocycles. The highest BCUT2D eigenvalue weighted by molar-refractivity contribution is 6.07. The van der Waals surface area contributed by atoms with Crippen molar-refractivity contribution in [2.75, 3.05) is 13.2 Å². The zero-order chi connectivity index (χ0) is 19.1. The van der Waals surface area contributed by atoms with Crippen LogP contribution >= 0.6 is 0 Å². The Morgan fingerprint density at radius 1 is 1.25 bits per heavy atom. The van der Waals surface area contributed by atoms with Crippen LogP contribution < -0.4 is 5.32 Å². The summed E-state index contributed by atoms with van der Waals surface area (Å²) in [6, 6.07) is 12.0. The van der Waals surface area contributed by atoms with Crippen LogP contribution in [0.1, 0.15) is 35.2 Å². The first-order valence-corrected chi connectivity index (χ1v) is 9.82. The molecule has 1 amide bonds. The van der Waals surface area contributed by atoms with E-state index in [0.717, 1.165) is 60.2 Å². The molecule has 3 heterocycles. The maximum atomic E-state index is 13.2. The van der Waals surface area contributed by atoms with E-state index >= 15 is 0 Å². The molecule has 142 valence electrons. The van der Waals surface area contributed by atoms with E-state index in [1.165, 1.54) is 0 Å². The molecule has 5 heteroatoms. The molecule has 3 aromatic rings. The van der Waals surface area contributed by atoms with Gasteiger partial charge in [0, 0.05) is 36.0 Å². The number of nitrogens with zero attached hydrogens (tertiary/aromatic N) is 2. The van der Waals surface area contributed by atoms with Gasteiger partial charge in [0.2, 0.25) is 0 Å². The van der Waals surface area contributed by atoms with Crippen molar-refractivity contribution in [2.45, 2.75) is 32.2 Å². The molecule has 0 bridgehead atoms. The third-order valence-corrected chi connectivity index (χ3v) is 6.05. The summed E-state index contributed by atoms with van der Waals surface area (Å²) in [5.74, 6) is -0.0260. The maximum Gasteiger partial charge on any atom is 0.252 e. The van der Waals surface area contributed by atoms with Crippen LogP contribution in [-0.2, 0) is 4.74 Å². The number of benzene rings is 1. The Labute approximate surface area is 164 Å². The number of nitrogens with one attached hydrogen (secondary N) is 1. The number of aryl methyl sites for hydroxylation is 1. The molecule has 2 aliphatic rings. The number of aromatic nitrogens is 2. The van der Waals surface area contributed by atoms with Crippen molar-refractivity contribution in [2.24, 2.45) is 5.41 Å². The largest absolute Gasteiger partial charge is 0.381 e. The number of hydrogen-bond acceptors (Lipinski definition) is 4. The average Bonchev–Trinajstić information content (AvgIpc) is 3.17. The number of rotatable bonds is 3. The summed E-state index contributed by atoms with van der Waals surface area (Å²) in [5, 5.41) is 4.13. The molecule has 1 spiro atoms. The average molecular weight is 373 g/mol. The first-order chi connectivity index (χ1) is 13.6. The van der Waals surface area contributed by atoms with Gasteiger partial charge < -0.3 is 10.1 Å². The fraction of sp³-hybridized carbons (Fsp3) is 0.348. The fourth-order valence-corrected chi connectivity index (χ4v) is 4.51. The Morgan fingerprint density at radius 2 is 2.14 bits per heavy atom. The number of pyridine rings is 2. The minimum absolute atomic E-state index is 0.0260. The number of carbonyl (C=O) groups is 1. The van der Waals surface area contributed by atoms with Crippen molar-refractivity contribution in [3.05, 3.63) is 59.9 Å². The molecule has 1 N–H and O–H groups in total. The lowest BCUT2D eigenvalue weighted by Crippen LogP contribution is -2.51. The van der Waals surface area contributed by atoms with Crippen LogP contribution in [0.15, 0.2) is 48.8 Å². The molecular weight excluding hydrogens is 350 g/mol. The third-order valence-electron chi connectivity index (χ3n) is 6.05. The molecule has 1 aliphatic heterocycles. The van der Waals surface area contributed by atoms with Crippen LogP contribution in [0, 0.1) is 12.3 Å².